The van der Waals surface area contributed by atoms with Gasteiger partial charge in [0.15, 0.2) is 0 Å². The zero-order chi connectivity index (χ0) is 11.8. The Labute approximate surface area is 89.1 Å². The molecule has 0 aliphatic rings. The molecule has 0 radical (unpaired) electrons. The molecular weight excluding hydrogens is 204 g/mol. The molecule has 92 valence electrons. The van der Waals surface area contributed by atoms with E-state index in [1.165, 1.54) is 14.2 Å². The van der Waals surface area contributed by atoms with E-state index in [9.17, 15) is 10.2 Å². The molecule has 0 amide bonds. The molecule has 0 spiro atoms. The molecule has 0 aromatic carbocycles. The van der Waals surface area contributed by atoms with Crippen LogP contribution >= 0.6 is 0 Å². The molecule has 0 rings (SSSR count). The molecule has 0 aliphatic heterocycles. The van der Waals surface area contributed by atoms with Crippen LogP contribution in [0.5, 0.6) is 0 Å². The van der Waals surface area contributed by atoms with Gasteiger partial charge in [-0.05, 0) is 0 Å². The van der Waals surface area contributed by atoms with Crippen LogP contribution in [0.3, 0.4) is 0 Å². The molecule has 0 saturated carbocycles. The molecule has 15 heavy (non-hydrogen) atoms. The molecule has 0 unspecified atom stereocenters. The van der Waals surface area contributed by atoms with Crippen molar-refractivity contribution in [3.05, 3.63) is 0 Å². The minimum absolute atomic E-state index is 0.0176. The van der Waals surface area contributed by atoms with Crippen molar-refractivity contribution >= 4 is 0 Å². The molecule has 0 aromatic rings. The number of ether oxygens (including phenoxy) is 2. The quantitative estimate of drug-likeness (QED) is 0.385. The summed E-state index contributed by atoms with van der Waals surface area (Å²) in [4.78, 5) is 0. The van der Waals surface area contributed by atoms with Gasteiger partial charge in [-0.2, -0.15) is 0 Å². The molecule has 0 aliphatic carbocycles. The molecule has 0 bridgehead atoms. The maximum absolute atomic E-state index is 9.61. The second-order valence-electron chi connectivity index (χ2n) is 3.36. The summed E-state index contributed by atoms with van der Waals surface area (Å²) >= 11 is 0. The fraction of sp³-hybridized carbons (Fsp3) is 1.00. The van der Waals surface area contributed by atoms with Crippen LogP contribution in [0.2, 0.25) is 0 Å². The Kier molecular flexibility index (Phi) is 7.85. The van der Waals surface area contributed by atoms with Crippen LogP contribution in [-0.2, 0) is 9.47 Å². The number of aliphatic hydroxyl groups is 4. The smallest absolute Gasteiger partial charge is 0.108 e. The van der Waals surface area contributed by atoms with E-state index in [-0.39, 0.29) is 13.0 Å². The lowest BCUT2D eigenvalue weighted by atomic mass is 10.0. The van der Waals surface area contributed by atoms with Gasteiger partial charge in [0.25, 0.3) is 0 Å². The predicted octanol–water partition coefficient (Wildman–Crippen LogP) is -1.89. The van der Waals surface area contributed by atoms with Gasteiger partial charge in [-0.1, -0.05) is 0 Å². The third-order valence-corrected chi connectivity index (χ3v) is 2.13. The van der Waals surface area contributed by atoms with Crippen molar-refractivity contribution in [2.45, 2.75) is 30.8 Å². The molecule has 4 atom stereocenters. The normalized spacial score (nSPS) is 19.6. The summed E-state index contributed by atoms with van der Waals surface area (Å²) in [6.07, 6.45) is -3.90. The van der Waals surface area contributed by atoms with E-state index in [2.05, 4.69) is 4.74 Å². The standard InChI is InChI=1S/C9H20O6/c1-14-5-7(12)9(13)8(15-2)3-6(11)4-10/h6-13H,3-5H2,1-2H3/t6-,7-,8+,9+/m0/s1. The summed E-state index contributed by atoms with van der Waals surface area (Å²) < 4.78 is 9.59. The summed E-state index contributed by atoms with van der Waals surface area (Å²) in [6.45, 7) is -0.427. The second kappa shape index (κ2) is 7.98. The monoisotopic (exact) mass is 224 g/mol. The van der Waals surface area contributed by atoms with Crippen LogP contribution in [0.15, 0.2) is 0 Å². The van der Waals surface area contributed by atoms with Gasteiger partial charge >= 0.3 is 0 Å². The minimum atomic E-state index is -1.16. The van der Waals surface area contributed by atoms with Crippen molar-refractivity contribution in [3.63, 3.8) is 0 Å². The number of aliphatic hydroxyl groups excluding tert-OH is 4. The lowest BCUT2D eigenvalue weighted by Gasteiger charge is -2.26. The second-order valence-corrected chi connectivity index (χ2v) is 3.36. The summed E-state index contributed by atoms with van der Waals surface area (Å²) in [5.74, 6) is 0. The van der Waals surface area contributed by atoms with Crippen LogP contribution < -0.4 is 0 Å². The van der Waals surface area contributed by atoms with Gasteiger partial charge in [-0.3, -0.25) is 0 Å². The van der Waals surface area contributed by atoms with Crippen LogP contribution in [0.4, 0.5) is 0 Å². The highest BCUT2D eigenvalue weighted by Crippen LogP contribution is 2.10. The van der Waals surface area contributed by atoms with E-state index in [0.717, 1.165) is 0 Å². The number of hydrogen-bond donors (Lipinski definition) is 4. The van der Waals surface area contributed by atoms with Crippen molar-refractivity contribution in [1.29, 1.82) is 0 Å². The van der Waals surface area contributed by atoms with Crippen molar-refractivity contribution in [1.82, 2.24) is 0 Å². The molecule has 0 saturated heterocycles. The predicted molar refractivity (Wildman–Crippen MR) is 52.4 cm³/mol. The Balaban J connectivity index is 4.13. The first kappa shape index (κ1) is 14.8. The third-order valence-electron chi connectivity index (χ3n) is 2.13. The number of rotatable bonds is 8. The molecule has 0 aromatic heterocycles. The van der Waals surface area contributed by atoms with Crippen molar-refractivity contribution in [3.8, 4) is 0 Å². The van der Waals surface area contributed by atoms with Crippen LogP contribution in [0.25, 0.3) is 0 Å². The van der Waals surface area contributed by atoms with Gasteiger partial charge < -0.3 is 29.9 Å². The Bertz CT molecular complexity index is 154. The first-order chi connectivity index (χ1) is 7.06. The third kappa shape index (κ3) is 5.41. The maximum Gasteiger partial charge on any atom is 0.108 e. The van der Waals surface area contributed by atoms with Crippen LogP contribution in [0.1, 0.15) is 6.42 Å². The first-order valence-electron chi connectivity index (χ1n) is 4.73. The van der Waals surface area contributed by atoms with Crippen LogP contribution in [-0.4, -0.2) is 72.3 Å². The minimum Gasteiger partial charge on any atom is -0.394 e. The van der Waals surface area contributed by atoms with E-state index in [1.807, 2.05) is 0 Å². The average molecular weight is 224 g/mol. The molecular formula is C9H20O6. The highest BCUT2D eigenvalue weighted by Gasteiger charge is 2.28. The fourth-order valence-corrected chi connectivity index (χ4v) is 1.23. The van der Waals surface area contributed by atoms with Gasteiger partial charge in [0.2, 0.25) is 0 Å². The Morgan fingerprint density at radius 2 is 1.73 bits per heavy atom. The molecule has 4 N–H and O–H groups in total. The Morgan fingerprint density at radius 3 is 2.13 bits per heavy atom. The van der Waals surface area contributed by atoms with E-state index in [4.69, 9.17) is 14.9 Å². The zero-order valence-corrected chi connectivity index (χ0v) is 9.04. The largest absolute Gasteiger partial charge is 0.394 e. The molecule has 0 fully saturated rings. The fourth-order valence-electron chi connectivity index (χ4n) is 1.23. The van der Waals surface area contributed by atoms with Crippen LogP contribution in [0, 0.1) is 0 Å². The Hall–Kier alpha value is -0.240. The first-order valence-corrected chi connectivity index (χ1v) is 4.73. The topological polar surface area (TPSA) is 99.4 Å². The Morgan fingerprint density at radius 1 is 1.13 bits per heavy atom. The summed E-state index contributed by atoms with van der Waals surface area (Å²) in [5.41, 5.74) is 0. The van der Waals surface area contributed by atoms with E-state index in [0.29, 0.717) is 0 Å². The van der Waals surface area contributed by atoms with Gasteiger partial charge in [0, 0.05) is 20.6 Å². The van der Waals surface area contributed by atoms with Crippen molar-refractivity contribution in [2.75, 3.05) is 27.4 Å². The molecule has 0 heterocycles. The number of hydrogen-bond acceptors (Lipinski definition) is 6. The van der Waals surface area contributed by atoms with Crippen molar-refractivity contribution in [2.24, 2.45) is 0 Å². The lowest BCUT2D eigenvalue weighted by Crippen LogP contribution is -2.43. The van der Waals surface area contributed by atoms with Gasteiger partial charge in [-0.25, -0.2) is 0 Å². The lowest BCUT2D eigenvalue weighted by molar-refractivity contribution is -0.108. The zero-order valence-electron chi connectivity index (χ0n) is 9.04. The SMILES string of the molecule is COC[C@H](O)[C@@H](O)[C@@H](C[C@H](O)CO)OC. The van der Waals surface area contributed by atoms with Gasteiger partial charge in [0.1, 0.15) is 12.2 Å². The number of methoxy groups -OCH3 is 2. The van der Waals surface area contributed by atoms with E-state index < -0.39 is 31.0 Å². The summed E-state index contributed by atoms with van der Waals surface area (Å²) in [5, 5.41) is 36.8. The summed E-state index contributed by atoms with van der Waals surface area (Å²) in [6, 6.07) is 0. The molecule has 6 heteroatoms. The van der Waals surface area contributed by atoms with E-state index in [1.54, 1.807) is 0 Å². The maximum atomic E-state index is 9.61. The molecule has 6 nitrogen and oxygen atoms in total. The highest BCUT2D eigenvalue weighted by atomic mass is 16.5. The summed E-state index contributed by atoms with van der Waals surface area (Å²) in [7, 11) is 2.76. The van der Waals surface area contributed by atoms with Crippen molar-refractivity contribution < 1.29 is 29.9 Å². The van der Waals surface area contributed by atoms with Gasteiger partial charge in [0.05, 0.1) is 25.4 Å². The average Bonchev–Trinajstić information content (AvgIpc) is 2.24. The highest BCUT2D eigenvalue weighted by molar-refractivity contribution is 4.78. The van der Waals surface area contributed by atoms with E-state index >= 15 is 0 Å². The van der Waals surface area contributed by atoms with Gasteiger partial charge in [-0.15, -0.1) is 0 Å².